The highest BCUT2D eigenvalue weighted by atomic mass is 32.2. The topological polar surface area (TPSA) is 110 Å². The van der Waals surface area contributed by atoms with Crippen LogP contribution in [-0.2, 0) is 30.6 Å². The third-order valence-electron chi connectivity index (χ3n) is 6.19. The Bertz CT molecular complexity index is 1350. The van der Waals surface area contributed by atoms with E-state index >= 15 is 0 Å². The summed E-state index contributed by atoms with van der Waals surface area (Å²) in [4.78, 5) is 26.6. The molecule has 3 rings (SSSR count). The third-order valence-corrected chi connectivity index (χ3v) is 8.02. The molecule has 38 heavy (non-hydrogen) atoms. The maximum atomic E-state index is 13.7. The van der Waals surface area contributed by atoms with E-state index in [-0.39, 0.29) is 17.1 Å². The van der Waals surface area contributed by atoms with Crippen molar-refractivity contribution in [1.82, 2.24) is 5.32 Å². The van der Waals surface area contributed by atoms with Gasteiger partial charge in [0.2, 0.25) is 5.91 Å². The first kappa shape index (κ1) is 29.2. The summed E-state index contributed by atoms with van der Waals surface area (Å²) in [6.07, 6.45) is 2.08. The molecular weight excluding hydrogens is 502 g/mol. The van der Waals surface area contributed by atoms with E-state index in [4.69, 9.17) is 4.74 Å². The number of aromatic hydroxyl groups is 1. The molecule has 1 amide bonds. The number of rotatable bonds is 11. The lowest BCUT2D eigenvalue weighted by molar-refractivity contribution is -0.159. The van der Waals surface area contributed by atoms with Gasteiger partial charge in [0.05, 0.1) is 16.6 Å². The molecule has 8 heteroatoms. The van der Waals surface area contributed by atoms with E-state index in [1.165, 1.54) is 24.3 Å². The van der Waals surface area contributed by atoms with Gasteiger partial charge >= 0.3 is 5.97 Å². The molecule has 0 aliphatic rings. The number of fused-ring (bicyclic) bond motifs is 1. The molecule has 0 aromatic heterocycles. The minimum Gasteiger partial charge on any atom is -0.508 e. The van der Waals surface area contributed by atoms with Crippen molar-refractivity contribution in [3.63, 3.8) is 0 Å². The van der Waals surface area contributed by atoms with Gasteiger partial charge in [-0.2, -0.15) is 0 Å². The molecule has 0 spiro atoms. The second kappa shape index (κ2) is 12.4. The number of unbranched alkanes of at least 4 members (excludes halogenated alkanes) is 1. The molecule has 0 heterocycles. The highest BCUT2D eigenvalue weighted by molar-refractivity contribution is 7.91. The van der Waals surface area contributed by atoms with Crippen molar-refractivity contribution < 1.29 is 27.9 Å². The lowest BCUT2D eigenvalue weighted by atomic mass is 9.95. The van der Waals surface area contributed by atoms with Gasteiger partial charge in [0, 0.05) is 0 Å². The number of hydrogen-bond donors (Lipinski definition) is 2. The number of carbonyl (C=O) groups is 2. The average molecular weight is 540 g/mol. The average Bonchev–Trinajstić information content (AvgIpc) is 2.85. The van der Waals surface area contributed by atoms with Crippen LogP contribution in [0.5, 0.6) is 5.75 Å². The third kappa shape index (κ3) is 8.05. The second-order valence-electron chi connectivity index (χ2n) is 10.6. The molecule has 3 aromatic rings. The summed E-state index contributed by atoms with van der Waals surface area (Å²) in [5.74, 6) is -2.53. The van der Waals surface area contributed by atoms with Gasteiger partial charge in [-0.15, -0.1) is 0 Å². The number of sulfone groups is 1. The Morgan fingerprint density at radius 1 is 0.974 bits per heavy atom. The Labute approximate surface area is 225 Å². The van der Waals surface area contributed by atoms with Crippen molar-refractivity contribution in [3.8, 4) is 5.75 Å². The molecule has 3 aromatic carbocycles. The fourth-order valence-corrected chi connectivity index (χ4v) is 5.84. The summed E-state index contributed by atoms with van der Waals surface area (Å²) in [6, 6.07) is 17.8. The zero-order valence-corrected chi connectivity index (χ0v) is 23.3. The number of hydrogen-bond acceptors (Lipinski definition) is 6. The summed E-state index contributed by atoms with van der Waals surface area (Å²) in [5.41, 5.74) is 0.114. The highest BCUT2D eigenvalue weighted by Gasteiger charge is 2.32. The molecule has 204 valence electrons. The first-order valence-electron chi connectivity index (χ1n) is 12.9. The van der Waals surface area contributed by atoms with E-state index in [0.29, 0.717) is 12.8 Å². The molecule has 0 fully saturated rings. The van der Waals surface area contributed by atoms with E-state index < -0.39 is 45.0 Å². The van der Waals surface area contributed by atoms with Gasteiger partial charge in [-0.1, -0.05) is 62.2 Å². The van der Waals surface area contributed by atoms with E-state index in [1.54, 1.807) is 20.8 Å². The number of phenolic OH excluding ortho intramolecular Hbond substituents is 1. The number of amides is 1. The molecule has 0 aliphatic carbocycles. The summed E-state index contributed by atoms with van der Waals surface area (Å²) >= 11 is 0. The molecule has 0 aliphatic heterocycles. The van der Waals surface area contributed by atoms with Crippen LogP contribution < -0.4 is 5.32 Å². The van der Waals surface area contributed by atoms with Crippen molar-refractivity contribution in [3.05, 3.63) is 72.3 Å². The quantitative estimate of drug-likeness (QED) is 0.324. The van der Waals surface area contributed by atoms with Crippen LogP contribution in [0.4, 0.5) is 0 Å². The first-order chi connectivity index (χ1) is 17.9. The molecular formula is C30H37NO6S. The van der Waals surface area contributed by atoms with Gasteiger partial charge in [0.25, 0.3) is 0 Å². The SMILES string of the molecule is CCCC[C@H](NC(=O)[C@H](Cc1cccc2ccccc12)CS(=O)(=O)c1ccc(O)cc1)C(=O)OC(C)(C)C. The van der Waals surface area contributed by atoms with Crippen LogP contribution in [0.3, 0.4) is 0 Å². The molecule has 2 N–H and O–H groups in total. The Kier molecular flexibility index (Phi) is 9.55. The van der Waals surface area contributed by atoms with Crippen molar-refractivity contribution in [2.45, 2.75) is 69.9 Å². The predicted molar refractivity (Wildman–Crippen MR) is 149 cm³/mol. The molecule has 0 saturated heterocycles. The van der Waals surface area contributed by atoms with Crippen molar-refractivity contribution in [1.29, 1.82) is 0 Å². The number of nitrogens with one attached hydrogen (secondary N) is 1. The van der Waals surface area contributed by atoms with Gasteiger partial charge in [-0.05, 0) is 74.2 Å². The molecule has 0 unspecified atom stereocenters. The second-order valence-corrected chi connectivity index (χ2v) is 12.6. The number of benzene rings is 3. The largest absolute Gasteiger partial charge is 0.508 e. The maximum Gasteiger partial charge on any atom is 0.329 e. The van der Waals surface area contributed by atoms with Crippen LogP contribution in [0, 0.1) is 5.92 Å². The van der Waals surface area contributed by atoms with Gasteiger partial charge in [-0.3, -0.25) is 4.79 Å². The zero-order chi connectivity index (χ0) is 27.9. The van der Waals surface area contributed by atoms with Gasteiger partial charge in [0.15, 0.2) is 9.84 Å². The number of ether oxygens (including phenoxy) is 1. The predicted octanol–water partition coefficient (Wildman–Crippen LogP) is 5.19. The monoisotopic (exact) mass is 539 g/mol. The van der Waals surface area contributed by atoms with Crippen LogP contribution in [0.15, 0.2) is 71.6 Å². The first-order valence-corrected chi connectivity index (χ1v) is 14.6. The lowest BCUT2D eigenvalue weighted by Gasteiger charge is -2.26. The van der Waals surface area contributed by atoms with E-state index in [1.807, 2.05) is 49.4 Å². The number of esters is 1. The molecule has 7 nitrogen and oxygen atoms in total. The fraction of sp³-hybridized carbons (Fsp3) is 0.400. The van der Waals surface area contributed by atoms with E-state index in [0.717, 1.165) is 22.8 Å². The molecule has 0 bridgehead atoms. The van der Waals surface area contributed by atoms with Crippen LogP contribution in [0.25, 0.3) is 10.8 Å². The Morgan fingerprint density at radius 3 is 2.29 bits per heavy atom. The smallest absolute Gasteiger partial charge is 0.329 e. The summed E-state index contributed by atoms with van der Waals surface area (Å²) in [6.45, 7) is 7.27. The van der Waals surface area contributed by atoms with Crippen LogP contribution in [0.1, 0.15) is 52.5 Å². The molecule has 2 atom stereocenters. The maximum absolute atomic E-state index is 13.7. The highest BCUT2D eigenvalue weighted by Crippen LogP contribution is 2.25. The number of carbonyl (C=O) groups excluding carboxylic acids is 2. The van der Waals surface area contributed by atoms with Gasteiger partial charge < -0.3 is 15.2 Å². The normalized spacial score (nSPS) is 13.6. The van der Waals surface area contributed by atoms with Crippen molar-refractivity contribution in [2.24, 2.45) is 5.92 Å². The Balaban J connectivity index is 1.95. The molecule has 0 saturated carbocycles. The minimum atomic E-state index is -3.88. The van der Waals surface area contributed by atoms with Gasteiger partial charge in [-0.25, -0.2) is 13.2 Å². The standard InChI is InChI=1S/C30H37NO6S/c1-5-6-14-27(29(34)37-30(2,3)4)31-28(33)23(20-38(35,36)25-17-15-24(32)16-18-25)19-22-12-9-11-21-10-7-8-13-26(21)22/h7-13,15-18,23,27,32H,5-6,14,19-20H2,1-4H3,(H,31,33)/t23-,27+/m1/s1. The lowest BCUT2D eigenvalue weighted by Crippen LogP contribution is -2.47. The van der Waals surface area contributed by atoms with Crippen molar-refractivity contribution >= 4 is 32.5 Å². The van der Waals surface area contributed by atoms with Crippen LogP contribution in [0.2, 0.25) is 0 Å². The Morgan fingerprint density at radius 2 is 1.63 bits per heavy atom. The van der Waals surface area contributed by atoms with Crippen LogP contribution in [-0.4, -0.2) is 42.8 Å². The summed E-state index contributed by atoms with van der Waals surface area (Å²) in [5, 5.41) is 14.3. The molecule has 0 radical (unpaired) electrons. The van der Waals surface area contributed by atoms with Gasteiger partial charge in [0.1, 0.15) is 17.4 Å². The summed E-state index contributed by atoms with van der Waals surface area (Å²) < 4.78 is 32.2. The zero-order valence-electron chi connectivity index (χ0n) is 22.4. The Hall–Kier alpha value is -3.39. The van der Waals surface area contributed by atoms with E-state index in [2.05, 4.69) is 5.32 Å². The van der Waals surface area contributed by atoms with Crippen molar-refractivity contribution in [2.75, 3.05) is 5.75 Å². The van der Waals surface area contributed by atoms with E-state index in [9.17, 15) is 23.1 Å². The summed E-state index contributed by atoms with van der Waals surface area (Å²) in [7, 11) is -3.88. The minimum absolute atomic E-state index is 0.0145. The van der Waals surface area contributed by atoms with Crippen LogP contribution >= 0.6 is 0 Å². The fourth-order valence-electron chi connectivity index (χ4n) is 4.30. The number of phenols is 1.